The van der Waals surface area contributed by atoms with Crippen LogP contribution >= 0.6 is 35.7 Å². The first-order valence-electron chi connectivity index (χ1n) is 9.08. The number of hydrogen-bond acceptors (Lipinski definition) is 4. The van der Waals surface area contributed by atoms with Crippen LogP contribution in [0.25, 0.3) is 0 Å². The number of furan rings is 1. The summed E-state index contributed by atoms with van der Waals surface area (Å²) < 4.78 is 5.40. The fourth-order valence-electron chi connectivity index (χ4n) is 3.43. The lowest BCUT2D eigenvalue weighted by Crippen LogP contribution is -2.45. The van der Waals surface area contributed by atoms with Crippen molar-refractivity contribution in [3.63, 3.8) is 0 Å². The van der Waals surface area contributed by atoms with Gasteiger partial charge in [-0.15, -0.1) is 24.0 Å². The molecule has 0 aromatic carbocycles. The lowest BCUT2D eigenvalue weighted by atomic mass is 10.2. The number of hydrogen-bond donors (Lipinski definition) is 2. The molecule has 2 heterocycles. The minimum absolute atomic E-state index is 0. The van der Waals surface area contributed by atoms with Crippen LogP contribution in [-0.2, 0) is 6.42 Å². The van der Waals surface area contributed by atoms with Gasteiger partial charge in [0.15, 0.2) is 5.96 Å². The summed E-state index contributed by atoms with van der Waals surface area (Å²) in [5.41, 5.74) is 0. The van der Waals surface area contributed by atoms with Gasteiger partial charge in [0, 0.05) is 43.4 Å². The van der Waals surface area contributed by atoms with E-state index in [0.29, 0.717) is 12.1 Å². The summed E-state index contributed by atoms with van der Waals surface area (Å²) in [5.74, 6) is 3.02. The predicted octanol–water partition coefficient (Wildman–Crippen LogP) is 2.96. The van der Waals surface area contributed by atoms with Crippen LogP contribution in [0.3, 0.4) is 0 Å². The summed E-state index contributed by atoms with van der Waals surface area (Å²) in [4.78, 5) is 7.40. The maximum Gasteiger partial charge on any atom is 0.191 e. The molecule has 7 heteroatoms. The van der Waals surface area contributed by atoms with Gasteiger partial charge in [0.1, 0.15) is 5.76 Å². The SMILES string of the molecule is CSCCN=C(NCCc1ccco1)NC1CC(C)N(C2CC2)C1.I. The molecule has 2 atom stereocenters. The van der Waals surface area contributed by atoms with Gasteiger partial charge in [0.2, 0.25) is 0 Å². The highest BCUT2D eigenvalue weighted by atomic mass is 127. The number of nitrogens with zero attached hydrogens (tertiary/aromatic N) is 2. The smallest absolute Gasteiger partial charge is 0.191 e. The fourth-order valence-corrected chi connectivity index (χ4v) is 3.70. The topological polar surface area (TPSA) is 52.8 Å². The van der Waals surface area contributed by atoms with Gasteiger partial charge in [-0.25, -0.2) is 0 Å². The Balaban J connectivity index is 0.00000225. The second-order valence-corrected chi connectivity index (χ2v) is 7.82. The molecule has 0 radical (unpaired) electrons. The lowest BCUT2D eigenvalue weighted by Gasteiger charge is -2.20. The van der Waals surface area contributed by atoms with Crippen LogP contribution in [0.15, 0.2) is 27.8 Å². The summed E-state index contributed by atoms with van der Waals surface area (Å²) >= 11 is 1.84. The van der Waals surface area contributed by atoms with E-state index in [1.54, 1.807) is 6.26 Å². The van der Waals surface area contributed by atoms with Gasteiger partial charge in [-0.2, -0.15) is 11.8 Å². The number of nitrogens with one attached hydrogen (secondary N) is 2. The van der Waals surface area contributed by atoms with E-state index in [-0.39, 0.29) is 24.0 Å². The Bertz CT molecular complexity index is 521. The molecule has 1 aliphatic carbocycles. The molecule has 25 heavy (non-hydrogen) atoms. The predicted molar refractivity (Wildman–Crippen MR) is 117 cm³/mol. The van der Waals surface area contributed by atoms with E-state index in [9.17, 15) is 0 Å². The molecule has 0 bridgehead atoms. The van der Waals surface area contributed by atoms with Gasteiger partial charge in [-0.1, -0.05) is 0 Å². The van der Waals surface area contributed by atoms with Crippen molar-refractivity contribution >= 4 is 41.7 Å². The Morgan fingerprint density at radius 1 is 1.44 bits per heavy atom. The van der Waals surface area contributed by atoms with Crippen molar-refractivity contribution in [2.75, 3.05) is 31.6 Å². The van der Waals surface area contributed by atoms with Crippen molar-refractivity contribution < 1.29 is 4.42 Å². The first-order valence-corrected chi connectivity index (χ1v) is 10.5. The number of halogens is 1. The molecule has 2 unspecified atom stereocenters. The Morgan fingerprint density at radius 2 is 2.28 bits per heavy atom. The summed E-state index contributed by atoms with van der Waals surface area (Å²) in [6.45, 7) is 5.20. The maximum absolute atomic E-state index is 5.40. The quantitative estimate of drug-likeness (QED) is 0.261. The maximum atomic E-state index is 5.40. The monoisotopic (exact) mass is 478 g/mol. The Morgan fingerprint density at radius 3 is 2.96 bits per heavy atom. The normalized spacial score (nSPS) is 24.2. The molecule has 1 saturated heterocycles. The third-order valence-corrected chi connectivity index (χ3v) is 5.38. The zero-order valence-electron chi connectivity index (χ0n) is 15.2. The second-order valence-electron chi connectivity index (χ2n) is 6.83. The highest BCUT2D eigenvalue weighted by Gasteiger charge is 2.38. The molecule has 1 aromatic rings. The average Bonchev–Trinajstić information content (AvgIpc) is 3.15. The van der Waals surface area contributed by atoms with Crippen LogP contribution in [0.5, 0.6) is 0 Å². The summed E-state index contributed by atoms with van der Waals surface area (Å²) in [7, 11) is 0. The van der Waals surface area contributed by atoms with Crippen LogP contribution in [0.2, 0.25) is 0 Å². The number of rotatable bonds is 8. The molecule has 1 aliphatic heterocycles. The van der Waals surface area contributed by atoms with Gasteiger partial charge in [0.25, 0.3) is 0 Å². The summed E-state index contributed by atoms with van der Waals surface area (Å²) in [5, 5.41) is 7.12. The van der Waals surface area contributed by atoms with Gasteiger partial charge in [0.05, 0.1) is 12.8 Å². The molecular formula is C18H31IN4OS. The highest BCUT2D eigenvalue weighted by Crippen LogP contribution is 2.33. The van der Waals surface area contributed by atoms with Crippen molar-refractivity contribution in [2.24, 2.45) is 4.99 Å². The van der Waals surface area contributed by atoms with E-state index in [2.05, 4.69) is 28.7 Å². The van der Waals surface area contributed by atoms with Crippen molar-refractivity contribution in [1.29, 1.82) is 0 Å². The molecule has 1 aromatic heterocycles. The molecular weight excluding hydrogens is 447 g/mol. The Hall–Kier alpha value is -0.410. The molecule has 5 nitrogen and oxygen atoms in total. The third kappa shape index (κ3) is 6.67. The molecule has 0 spiro atoms. The number of likely N-dealkylation sites (tertiary alicyclic amines) is 1. The average molecular weight is 478 g/mol. The number of thioether (sulfide) groups is 1. The molecule has 2 aliphatic rings. The summed E-state index contributed by atoms with van der Waals surface area (Å²) in [6.07, 6.45) is 8.70. The van der Waals surface area contributed by atoms with E-state index in [1.165, 1.54) is 19.3 Å². The zero-order valence-corrected chi connectivity index (χ0v) is 18.4. The first-order chi connectivity index (χ1) is 11.8. The molecule has 0 amide bonds. The molecule has 1 saturated carbocycles. The Kier molecular flexibility index (Phi) is 8.92. The van der Waals surface area contributed by atoms with Crippen LogP contribution in [0.1, 0.15) is 31.9 Å². The second kappa shape index (κ2) is 10.7. The molecule has 3 rings (SSSR count). The number of aliphatic imine (C=N–C) groups is 1. The van der Waals surface area contributed by atoms with E-state index in [4.69, 9.17) is 9.41 Å². The standard InChI is InChI=1S/C18H30N4OS.HI/c1-14-12-15(13-22(14)16-5-6-16)21-18(20-9-11-24-2)19-8-7-17-4-3-10-23-17;/h3-4,10,14-16H,5-9,11-13H2,1-2H3,(H2,19,20,21);1H. The van der Waals surface area contributed by atoms with Gasteiger partial charge < -0.3 is 15.1 Å². The summed E-state index contributed by atoms with van der Waals surface area (Å²) in [6, 6.07) is 5.99. The third-order valence-electron chi connectivity index (χ3n) is 4.79. The van der Waals surface area contributed by atoms with E-state index in [1.807, 2.05) is 23.9 Å². The highest BCUT2D eigenvalue weighted by molar-refractivity contribution is 14.0. The number of guanidine groups is 1. The molecule has 2 N–H and O–H groups in total. The van der Waals surface area contributed by atoms with Crippen molar-refractivity contribution in [1.82, 2.24) is 15.5 Å². The van der Waals surface area contributed by atoms with Gasteiger partial charge in [-0.05, 0) is 44.6 Å². The van der Waals surface area contributed by atoms with Crippen molar-refractivity contribution in [3.05, 3.63) is 24.2 Å². The van der Waals surface area contributed by atoms with Crippen LogP contribution < -0.4 is 10.6 Å². The zero-order chi connectivity index (χ0) is 16.8. The van der Waals surface area contributed by atoms with Crippen molar-refractivity contribution in [3.8, 4) is 0 Å². The molecule has 2 fully saturated rings. The fraction of sp³-hybridized carbons (Fsp3) is 0.722. The Labute approximate surface area is 172 Å². The van der Waals surface area contributed by atoms with Crippen LogP contribution in [-0.4, -0.2) is 60.6 Å². The van der Waals surface area contributed by atoms with Crippen molar-refractivity contribution in [2.45, 2.75) is 50.7 Å². The first kappa shape index (κ1) is 20.9. The van der Waals surface area contributed by atoms with Gasteiger partial charge in [-0.3, -0.25) is 9.89 Å². The van der Waals surface area contributed by atoms with E-state index >= 15 is 0 Å². The lowest BCUT2D eigenvalue weighted by molar-refractivity contribution is 0.256. The largest absolute Gasteiger partial charge is 0.469 e. The minimum atomic E-state index is 0. The van der Waals surface area contributed by atoms with Crippen LogP contribution in [0.4, 0.5) is 0 Å². The van der Waals surface area contributed by atoms with Crippen LogP contribution in [0, 0.1) is 0 Å². The van der Waals surface area contributed by atoms with E-state index in [0.717, 1.165) is 49.6 Å². The minimum Gasteiger partial charge on any atom is -0.469 e. The molecule has 142 valence electrons. The van der Waals surface area contributed by atoms with E-state index < -0.39 is 0 Å². The van der Waals surface area contributed by atoms with Gasteiger partial charge >= 0.3 is 0 Å².